The van der Waals surface area contributed by atoms with Gasteiger partial charge in [-0.2, -0.15) is 0 Å². The van der Waals surface area contributed by atoms with Gasteiger partial charge in [-0.1, -0.05) is 34.6 Å². The van der Waals surface area contributed by atoms with Gasteiger partial charge >= 0.3 is 5.97 Å². The number of rotatable bonds is 9. The SMILES string of the molecule is CCC(CC)(CNC(=O)CCCNC(=O)C(C)(C)C)C(=O)O. The first kappa shape index (κ1) is 20.4. The molecular weight excluding hydrogens is 284 g/mol. The van der Waals surface area contributed by atoms with Gasteiger partial charge in [-0.3, -0.25) is 14.4 Å². The molecule has 0 unspecified atom stereocenters. The Morgan fingerprint density at radius 3 is 1.95 bits per heavy atom. The highest BCUT2D eigenvalue weighted by Gasteiger charge is 2.34. The second kappa shape index (κ2) is 8.76. The van der Waals surface area contributed by atoms with E-state index in [0.29, 0.717) is 25.8 Å². The fourth-order valence-corrected chi connectivity index (χ4v) is 1.95. The van der Waals surface area contributed by atoms with E-state index in [2.05, 4.69) is 10.6 Å². The summed E-state index contributed by atoms with van der Waals surface area (Å²) in [4.78, 5) is 34.7. The molecule has 0 aromatic heterocycles. The summed E-state index contributed by atoms with van der Waals surface area (Å²) in [5.41, 5.74) is -1.33. The Balaban J connectivity index is 4.11. The second-order valence-electron chi connectivity index (χ2n) is 6.68. The van der Waals surface area contributed by atoms with E-state index >= 15 is 0 Å². The number of carbonyl (C=O) groups excluding carboxylic acids is 2. The van der Waals surface area contributed by atoms with E-state index in [9.17, 15) is 19.5 Å². The van der Waals surface area contributed by atoms with Crippen molar-refractivity contribution in [3.63, 3.8) is 0 Å². The molecule has 0 radical (unpaired) electrons. The molecule has 0 atom stereocenters. The first-order valence-corrected chi connectivity index (χ1v) is 7.87. The lowest BCUT2D eigenvalue weighted by Gasteiger charge is -2.26. The smallest absolute Gasteiger partial charge is 0.311 e. The molecular formula is C16H30N2O4. The van der Waals surface area contributed by atoms with Crippen molar-refractivity contribution in [1.29, 1.82) is 0 Å². The zero-order chi connectivity index (χ0) is 17.4. The Morgan fingerprint density at radius 1 is 1.00 bits per heavy atom. The highest BCUT2D eigenvalue weighted by atomic mass is 16.4. The summed E-state index contributed by atoms with van der Waals surface area (Å²) in [5.74, 6) is -1.11. The van der Waals surface area contributed by atoms with Crippen molar-refractivity contribution in [1.82, 2.24) is 10.6 Å². The lowest BCUT2D eigenvalue weighted by molar-refractivity contribution is -0.149. The van der Waals surface area contributed by atoms with Gasteiger partial charge < -0.3 is 15.7 Å². The number of amides is 2. The number of carboxylic acid groups (broad SMARTS) is 1. The number of carbonyl (C=O) groups is 3. The molecule has 0 aromatic rings. The molecule has 6 heteroatoms. The van der Waals surface area contributed by atoms with Crippen molar-refractivity contribution in [2.75, 3.05) is 13.1 Å². The van der Waals surface area contributed by atoms with Gasteiger partial charge in [0.15, 0.2) is 0 Å². The van der Waals surface area contributed by atoms with Crippen LogP contribution in [0.15, 0.2) is 0 Å². The van der Waals surface area contributed by atoms with Crippen molar-refractivity contribution in [2.24, 2.45) is 10.8 Å². The molecule has 0 aliphatic carbocycles. The zero-order valence-electron chi connectivity index (χ0n) is 14.4. The molecule has 6 nitrogen and oxygen atoms in total. The third kappa shape index (κ3) is 6.45. The molecule has 128 valence electrons. The van der Waals surface area contributed by atoms with Crippen LogP contribution in [0.3, 0.4) is 0 Å². The van der Waals surface area contributed by atoms with E-state index in [1.54, 1.807) is 0 Å². The summed E-state index contributed by atoms with van der Waals surface area (Å²) in [6.07, 6.45) is 1.75. The molecule has 0 aliphatic heterocycles. The highest BCUT2D eigenvalue weighted by molar-refractivity contribution is 5.81. The Hall–Kier alpha value is -1.59. The Morgan fingerprint density at radius 2 is 1.55 bits per heavy atom. The van der Waals surface area contributed by atoms with Gasteiger partial charge in [0.05, 0.1) is 5.41 Å². The lowest BCUT2D eigenvalue weighted by Crippen LogP contribution is -2.42. The molecule has 22 heavy (non-hydrogen) atoms. The van der Waals surface area contributed by atoms with E-state index in [0.717, 1.165) is 0 Å². The highest BCUT2D eigenvalue weighted by Crippen LogP contribution is 2.25. The fourth-order valence-electron chi connectivity index (χ4n) is 1.95. The monoisotopic (exact) mass is 314 g/mol. The van der Waals surface area contributed by atoms with Crippen LogP contribution in [-0.2, 0) is 14.4 Å². The van der Waals surface area contributed by atoms with Crippen LogP contribution in [0, 0.1) is 10.8 Å². The molecule has 0 aliphatic rings. The molecule has 0 rings (SSSR count). The van der Waals surface area contributed by atoms with Crippen LogP contribution in [0.25, 0.3) is 0 Å². The summed E-state index contributed by atoms with van der Waals surface area (Å²) in [6, 6.07) is 0. The number of hydrogen-bond acceptors (Lipinski definition) is 3. The van der Waals surface area contributed by atoms with Crippen LogP contribution in [0.5, 0.6) is 0 Å². The summed E-state index contributed by atoms with van der Waals surface area (Å²) < 4.78 is 0. The van der Waals surface area contributed by atoms with Crippen LogP contribution < -0.4 is 10.6 Å². The minimum atomic E-state index is -0.893. The summed E-state index contributed by atoms with van der Waals surface area (Å²) in [6.45, 7) is 9.69. The fraction of sp³-hybridized carbons (Fsp3) is 0.812. The Kier molecular flexibility index (Phi) is 8.12. The lowest BCUT2D eigenvalue weighted by atomic mass is 9.82. The first-order valence-electron chi connectivity index (χ1n) is 7.87. The van der Waals surface area contributed by atoms with Crippen LogP contribution in [0.2, 0.25) is 0 Å². The maximum atomic E-state index is 11.8. The van der Waals surface area contributed by atoms with Crippen LogP contribution in [-0.4, -0.2) is 36.0 Å². The van der Waals surface area contributed by atoms with Gasteiger partial charge in [-0.15, -0.1) is 0 Å². The molecule has 0 saturated carbocycles. The minimum Gasteiger partial charge on any atom is -0.481 e. The molecule has 0 saturated heterocycles. The van der Waals surface area contributed by atoms with Crippen LogP contribution >= 0.6 is 0 Å². The summed E-state index contributed by atoms with van der Waals surface area (Å²) >= 11 is 0. The number of nitrogens with one attached hydrogen (secondary N) is 2. The van der Waals surface area contributed by atoms with Crippen molar-refractivity contribution in [2.45, 2.75) is 60.3 Å². The predicted molar refractivity (Wildman–Crippen MR) is 85.4 cm³/mol. The van der Waals surface area contributed by atoms with Crippen molar-refractivity contribution >= 4 is 17.8 Å². The molecule has 0 aromatic carbocycles. The second-order valence-corrected chi connectivity index (χ2v) is 6.68. The van der Waals surface area contributed by atoms with E-state index in [4.69, 9.17) is 0 Å². The van der Waals surface area contributed by atoms with Gasteiger partial charge in [0.2, 0.25) is 11.8 Å². The average Bonchev–Trinajstić information content (AvgIpc) is 2.43. The maximum absolute atomic E-state index is 11.8. The molecule has 3 N–H and O–H groups in total. The third-order valence-electron chi connectivity index (χ3n) is 3.98. The molecule has 0 bridgehead atoms. The quantitative estimate of drug-likeness (QED) is 0.567. The summed E-state index contributed by atoms with van der Waals surface area (Å²) in [5, 5.41) is 14.8. The molecule has 0 fully saturated rings. The van der Waals surface area contributed by atoms with Gasteiger partial charge in [-0.05, 0) is 19.3 Å². The average molecular weight is 314 g/mol. The normalized spacial score (nSPS) is 11.9. The third-order valence-corrected chi connectivity index (χ3v) is 3.98. The van der Waals surface area contributed by atoms with Gasteiger partial charge in [-0.25, -0.2) is 0 Å². The van der Waals surface area contributed by atoms with Gasteiger partial charge in [0, 0.05) is 24.9 Å². The Labute approximate surface area is 133 Å². The predicted octanol–water partition coefficient (Wildman–Crippen LogP) is 1.94. The zero-order valence-corrected chi connectivity index (χ0v) is 14.4. The molecule has 0 spiro atoms. The van der Waals surface area contributed by atoms with Crippen LogP contribution in [0.4, 0.5) is 0 Å². The number of carboxylic acids is 1. The summed E-state index contributed by atoms with van der Waals surface area (Å²) in [7, 11) is 0. The van der Waals surface area contributed by atoms with Gasteiger partial charge in [0.25, 0.3) is 0 Å². The van der Waals surface area contributed by atoms with Crippen molar-refractivity contribution in [3.8, 4) is 0 Å². The van der Waals surface area contributed by atoms with E-state index < -0.39 is 16.8 Å². The standard InChI is InChI=1S/C16H30N2O4/c1-6-16(7-2,14(21)22)11-18-12(19)9-8-10-17-13(20)15(3,4)5/h6-11H2,1-5H3,(H,17,20)(H,18,19)(H,21,22). The van der Waals surface area contributed by atoms with E-state index in [1.807, 2.05) is 34.6 Å². The van der Waals surface area contributed by atoms with Gasteiger partial charge in [0.1, 0.15) is 0 Å². The largest absolute Gasteiger partial charge is 0.481 e. The van der Waals surface area contributed by atoms with Crippen molar-refractivity contribution < 1.29 is 19.5 Å². The maximum Gasteiger partial charge on any atom is 0.311 e. The minimum absolute atomic E-state index is 0.0465. The molecule has 0 heterocycles. The first-order chi connectivity index (χ1) is 10.1. The number of hydrogen-bond donors (Lipinski definition) is 3. The van der Waals surface area contributed by atoms with E-state index in [-0.39, 0.29) is 24.8 Å². The van der Waals surface area contributed by atoms with Crippen LogP contribution in [0.1, 0.15) is 60.3 Å². The van der Waals surface area contributed by atoms with Crippen molar-refractivity contribution in [3.05, 3.63) is 0 Å². The Bertz CT molecular complexity index is 395. The van der Waals surface area contributed by atoms with E-state index in [1.165, 1.54) is 0 Å². The number of aliphatic carboxylic acids is 1. The molecule has 2 amide bonds. The topological polar surface area (TPSA) is 95.5 Å².